The number of halogens is 1. The molecule has 0 spiro atoms. The molecule has 1 saturated heterocycles. The monoisotopic (exact) mass is 572 g/mol. The van der Waals surface area contributed by atoms with Gasteiger partial charge in [-0.1, -0.05) is 6.92 Å². The van der Waals surface area contributed by atoms with E-state index in [2.05, 4.69) is 22.5 Å². The molecule has 7 nitrogen and oxygen atoms in total. The number of hydrogen-bond donors (Lipinski definition) is 2. The van der Waals surface area contributed by atoms with Gasteiger partial charge < -0.3 is 29.7 Å². The Morgan fingerprint density at radius 2 is 2.00 bits per heavy atom. The van der Waals surface area contributed by atoms with Crippen molar-refractivity contribution in [3.63, 3.8) is 0 Å². The molecule has 3 aliphatic rings. The van der Waals surface area contributed by atoms with Gasteiger partial charge in [0, 0.05) is 51.0 Å². The number of fused-ring (bicyclic) bond motifs is 1. The summed E-state index contributed by atoms with van der Waals surface area (Å²) in [5.41, 5.74) is 0.963. The van der Waals surface area contributed by atoms with E-state index >= 15 is 0 Å². The first kappa shape index (κ1) is 26.3. The lowest BCUT2D eigenvalue weighted by molar-refractivity contribution is 0.123. The number of likely N-dealkylation sites (tertiary alicyclic amines) is 1. The second-order valence-electron chi connectivity index (χ2n) is 9.28. The van der Waals surface area contributed by atoms with Gasteiger partial charge in [-0.25, -0.2) is 0 Å². The SMILES string of the molecule is CCCN1CCC(CN=C(NCCCOCC2CC2)Nc2ccc3c(c2)OCCCO3)C1.I. The Morgan fingerprint density at radius 1 is 1.15 bits per heavy atom. The topological polar surface area (TPSA) is 67.4 Å². The van der Waals surface area contributed by atoms with Crippen molar-refractivity contribution in [2.45, 2.75) is 45.4 Å². The second-order valence-corrected chi connectivity index (χ2v) is 9.28. The first-order valence-electron chi connectivity index (χ1n) is 12.5. The molecule has 2 aliphatic heterocycles. The van der Waals surface area contributed by atoms with Crippen LogP contribution in [0.15, 0.2) is 23.2 Å². The summed E-state index contributed by atoms with van der Waals surface area (Å²) in [7, 11) is 0. The fourth-order valence-corrected chi connectivity index (χ4v) is 4.23. The lowest BCUT2D eigenvalue weighted by Crippen LogP contribution is -2.33. The minimum atomic E-state index is 0. The van der Waals surface area contributed by atoms with E-state index in [4.69, 9.17) is 19.2 Å². The molecule has 1 aliphatic carbocycles. The highest BCUT2D eigenvalue weighted by molar-refractivity contribution is 14.0. The molecule has 1 atom stereocenters. The van der Waals surface area contributed by atoms with Crippen LogP contribution in [0, 0.1) is 11.8 Å². The van der Waals surface area contributed by atoms with Crippen molar-refractivity contribution in [2.75, 3.05) is 64.5 Å². The zero-order valence-corrected chi connectivity index (χ0v) is 22.4. The van der Waals surface area contributed by atoms with Crippen molar-refractivity contribution in [1.82, 2.24) is 10.2 Å². The van der Waals surface area contributed by atoms with Crippen LogP contribution in [-0.2, 0) is 4.74 Å². The molecule has 4 rings (SSSR count). The number of benzene rings is 1. The van der Waals surface area contributed by atoms with Gasteiger partial charge >= 0.3 is 0 Å². The predicted molar refractivity (Wildman–Crippen MR) is 144 cm³/mol. The molecule has 0 radical (unpaired) electrons. The van der Waals surface area contributed by atoms with E-state index in [1.807, 2.05) is 18.2 Å². The maximum atomic E-state index is 5.85. The Labute approximate surface area is 216 Å². The Balaban J connectivity index is 0.00000306. The number of aliphatic imine (C=N–C) groups is 1. The quantitative estimate of drug-likeness (QED) is 0.178. The van der Waals surface area contributed by atoms with Gasteiger partial charge in [0.1, 0.15) is 0 Å². The summed E-state index contributed by atoms with van der Waals surface area (Å²) in [5, 5.41) is 6.98. The van der Waals surface area contributed by atoms with Gasteiger partial charge in [-0.3, -0.25) is 4.99 Å². The predicted octanol–water partition coefficient (Wildman–Crippen LogP) is 4.37. The molecule has 1 aromatic carbocycles. The number of nitrogens with zero attached hydrogens (tertiary/aromatic N) is 2. The van der Waals surface area contributed by atoms with Crippen LogP contribution in [0.1, 0.15) is 45.4 Å². The molecule has 1 saturated carbocycles. The number of ether oxygens (including phenoxy) is 3. The molecular formula is C25H41IN4O3. The molecule has 186 valence electrons. The van der Waals surface area contributed by atoms with Gasteiger partial charge in [-0.05, 0) is 69.2 Å². The standard InChI is InChI=1S/C25H40N4O3.HI/c1-2-11-29-12-9-21(18-29)17-27-25(26-10-3-13-30-19-20-5-6-20)28-22-7-8-23-24(16-22)32-15-4-14-31-23;/h7-8,16,20-21H,2-6,9-15,17-19H2,1H3,(H2,26,27,28);1H. The van der Waals surface area contributed by atoms with Crippen molar-refractivity contribution in [3.8, 4) is 11.5 Å². The third-order valence-corrected chi connectivity index (χ3v) is 6.24. The van der Waals surface area contributed by atoms with Crippen molar-refractivity contribution in [1.29, 1.82) is 0 Å². The van der Waals surface area contributed by atoms with E-state index in [1.54, 1.807) is 0 Å². The smallest absolute Gasteiger partial charge is 0.195 e. The average molecular weight is 573 g/mol. The van der Waals surface area contributed by atoms with Crippen molar-refractivity contribution < 1.29 is 14.2 Å². The third kappa shape index (κ3) is 9.13. The molecule has 1 aromatic rings. The zero-order valence-electron chi connectivity index (χ0n) is 20.0. The van der Waals surface area contributed by atoms with Crippen LogP contribution < -0.4 is 20.1 Å². The highest BCUT2D eigenvalue weighted by Crippen LogP contribution is 2.32. The lowest BCUT2D eigenvalue weighted by atomic mass is 10.1. The highest BCUT2D eigenvalue weighted by atomic mass is 127. The molecule has 0 amide bonds. The maximum absolute atomic E-state index is 5.85. The fourth-order valence-electron chi connectivity index (χ4n) is 4.23. The summed E-state index contributed by atoms with van der Waals surface area (Å²) in [6.45, 7) is 10.6. The number of nitrogens with one attached hydrogen (secondary N) is 2. The summed E-state index contributed by atoms with van der Waals surface area (Å²) in [6.07, 6.45) is 7.01. The van der Waals surface area contributed by atoms with E-state index in [1.165, 1.54) is 38.8 Å². The molecule has 0 bridgehead atoms. The number of rotatable bonds is 11. The first-order chi connectivity index (χ1) is 15.8. The van der Waals surface area contributed by atoms with Crippen LogP contribution in [0.3, 0.4) is 0 Å². The zero-order chi connectivity index (χ0) is 22.0. The van der Waals surface area contributed by atoms with Crippen LogP contribution in [0.25, 0.3) is 0 Å². The van der Waals surface area contributed by atoms with Crippen LogP contribution in [0.4, 0.5) is 5.69 Å². The Bertz CT molecular complexity index is 744. The fraction of sp³-hybridized carbons (Fsp3) is 0.720. The molecule has 2 heterocycles. The minimum absolute atomic E-state index is 0. The summed E-state index contributed by atoms with van der Waals surface area (Å²) in [4.78, 5) is 7.49. The van der Waals surface area contributed by atoms with Gasteiger partial charge in [0.15, 0.2) is 17.5 Å². The maximum Gasteiger partial charge on any atom is 0.195 e. The van der Waals surface area contributed by atoms with Crippen LogP contribution in [0.5, 0.6) is 11.5 Å². The van der Waals surface area contributed by atoms with E-state index < -0.39 is 0 Å². The Morgan fingerprint density at radius 3 is 2.82 bits per heavy atom. The van der Waals surface area contributed by atoms with Crippen molar-refractivity contribution in [3.05, 3.63) is 18.2 Å². The molecule has 2 fully saturated rings. The highest BCUT2D eigenvalue weighted by Gasteiger charge is 2.22. The third-order valence-electron chi connectivity index (χ3n) is 6.24. The molecule has 33 heavy (non-hydrogen) atoms. The average Bonchev–Trinajstić information content (AvgIpc) is 3.56. The molecule has 8 heteroatoms. The van der Waals surface area contributed by atoms with E-state index in [9.17, 15) is 0 Å². The number of guanidine groups is 1. The van der Waals surface area contributed by atoms with E-state index in [0.717, 1.165) is 74.8 Å². The second kappa shape index (κ2) is 14.2. The largest absolute Gasteiger partial charge is 0.490 e. The molecular weight excluding hydrogens is 531 g/mol. The summed E-state index contributed by atoms with van der Waals surface area (Å²) in [5.74, 6) is 3.89. The normalized spacial score (nSPS) is 20.8. The Hall–Kier alpha value is -1.26. The molecule has 0 aromatic heterocycles. The summed E-state index contributed by atoms with van der Waals surface area (Å²) in [6, 6.07) is 6.02. The summed E-state index contributed by atoms with van der Waals surface area (Å²) < 4.78 is 17.4. The van der Waals surface area contributed by atoms with Crippen LogP contribution in [-0.4, -0.2) is 70.0 Å². The molecule has 1 unspecified atom stereocenters. The van der Waals surface area contributed by atoms with Gasteiger partial charge in [0.05, 0.1) is 13.2 Å². The van der Waals surface area contributed by atoms with Gasteiger partial charge in [0.2, 0.25) is 0 Å². The van der Waals surface area contributed by atoms with Crippen molar-refractivity contribution in [2.24, 2.45) is 16.8 Å². The van der Waals surface area contributed by atoms with Crippen LogP contribution >= 0.6 is 24.0 Å². The molecule has 2 N–H and O–H groups in total. The summed E-state index contributed by atoms with van der Waals surface area (Å²) >= 11 is 0. The van der Waals surface area contributed by atoms with Crippen molar-refractivity contribution >= 4 is 35.6 Å². The van der Waals surface area contributed by atoms with Crippen LogP contribution in [0.2, 0.25) is 0 Å². The van der Waals surface area contributed by atoms with Gasteiger partial charge in [-0.2, -0.15) is 0 Å². The lowest BCUT2D eigenvalue weighted by Gasteiger charge is -2.16. The van der Waals surface area contributed by atoms with Gasteiger partial charge in [-0.15, -0.1) is 24.0 Å². The van der Waals surface area contributed by atoms with Gasteiger partial charge in [0.25, 0.3) is 0 Å². The minimum Gasteiger partial charge on any atom is -0.490 e. The Kier molecular flexibility index (Phi) is 11.3. The number of hydrogen-bond acceptors (Lipinski definition) is 5. The number of anilines is 1. The first-order valence-corrected chi connectivity index (χ1v) is 12.5. The van der Waals surface area contributed by atoms with E-state index in [-0.39, 0.29) is 24.0 Å². The van der Waals surface area contributed by atoms with E-state index in [0.29, 0.717) is 19.1 Å².